The molecule has 1 aliphatic rings. The van der Waals surface area contributed by atoms with Crippen molar-refractivity contribution in [3.05, 3.63) is 42.0 Å². The van der Waals surface area contributed by atoms with Crippen LogP contribution < -0.4 is 15.0 Å². The Kier molecular flexibility index (Phi) is 4.71. The van der Waals surface area contributed by atoms with E-state index in [1.165, 1.54) is 12.8 Å². The maximum absolute atomic E-state index is 11.9. The van der Waals surface area contributed by atoms with E-state index in [9.17, 15) is 4.79 Å². The van der Waals surface area contributed by atoms with Crippen molar-refractivity contribution in [3.63, 3.8) is 0 Å². The molecule has 1 amide bonds. The van der Waals surface area contributed by atoms with Crippen LogP contribution in [0.5, 0.6) is 5.75 Å². The lowest BCUT2D eigenvalue weighted by atomic mass is 10.2. The first-order chi connectivity index (χ1) is 11.2. The highest BCUT2D eigenvalue weighted by Crippen LogP contribution is 2.17. The maximum atomic E-state index is 11.9. The zero-order valence-corrected chi connectivity index (χ0v) is 13.2. The minimum Gasteiger partial charge on any atom is -0.484 e. The van der Waals surface area contributed by atoms with Crippen LogP contribution in [0.3, 0.4) is 0 Å². The zero-order valence-electron chi connectivity index (χ0n) is 13.2. The average Bonchev–Trinajstić information content (AvgIpc) is 3.09. The number of aryl methyl sites for hydroxylation is 1. The van der Waals surface area contributed by atoms with E-state index in [0.29, 0.717) is 11.6 Å². The van der Waals surface area contributed by atoms with Crippen LogP contribution in [0.4, 0.5) is 11.6 Å². The molecule has 0 atom stereocenters. The van der Waals surface area contributed by atoms with Crippen molar-refractivity contribution in [2.24, 2.45) is 0 Å². The normalized spacial score (nSPS) is 13.9. The van der Waals surface area contributed by atoms with Crippen molar-refractivity contribution in [2.75, 3.05) is 29.9 Å². The highest BCUT2D eigenvalue weighted by Gasteiger charge is 2.14. The molecule has 2 aromatic rings. The average molecular weight is 312 g/mol. The molecule has 1 aliphatic heterocycles. The molecule has 1 fully saturated rings. The Morgan fingerprint density at radius 1 is 1.13 bits per heavy atom. The second kappa shape index (κ2) is 7.09. The number of ether oxygens (including phenoxy) is 1. The number of hydrogen-bond acceptors (Lipinski definition) is 5. The summed E-state index contributed by atoms with van der Waals surface area (Å²) in [5.41, 5.74) is 1.15. The molecular weight excluding hydrogens is 292 g/mol. The van der Waals surface area contributed by atoms with Crippen molar-refractivity contribution in [1.29, 1.82) is 0 Å². The molecule has 0 saturated carbocycles. The first-order valence-corrected chi connectivity index (χ1v) is 7.79. The van der Waals surface area contributed by atoms with E-state index in [1.807, 2.05) is 37.3 Å². The van der Waals surface area contributed by atoms with Crippen molar-refractivity contribution >= 4 is 17.5 Å². The van der Waals surface area contributed by atoms with Crippen LogP contribution in [0.1, 0.15) is 18.4 Å². The first kappa shape index (κ1) is 15.3. The van der Waals surface area contributed by atoms with Crippen molar-refractivity contribution in [3.8, 4) is 5.75 Å². The van der Waals surface area contributed by atoms with E-state index in [0.717, 1.165) is 24.5 Å². The quantitative estimate of drug-likeness (QED) is 0.918. The highest BCUT2D eigenvalue weighted by atomic mass is 16.5. The molecule has 23 heavy (non-hydrogen) atoms. The van der Waals surface area contributed by atoms with Gasteiger partial charge in [0, 0.05) is 13.1 Å². The molecular formula is C17H20N4O2. The van der Waals surface area contributed by atoms with Gasteiger partial charge in [-0.05, 0) is 44.0 Å². The number of hydrogen-bond donors (Lipinski definition) is 1. The number of amides is 1. The summed E-state index contributed by atoms with van der Waals surface area (Å²) < 4.78 is 5.43. The molecule has 0 bridgehead atoms. The molecule has 1 aromatic heterocycles. The maximum Gasteiger partial charge on any atom is 0.263 e. The molecule has 0 aliphatic carbocycles. The van der Waals surface area contributed by atoms with Gasteiger partial charge in [0.25, 0.3) is 5.91 Å². The van der Waals surface area contributed by atoms with Crippen LogP contribution in [0.2, 0.25) is 0 Å². The molecule has 2 heterocycles. The summed E-state index contributed by atoms with van der Waals surface area (Å²) in [6.07, 6.45) is 2.38. The zero-order chi connectivity index (χ0) is 16.1. The minimum atomic E-state index is -0.256. The smallest absolute Gasteiger partial charge is 0.263 e. The molecule has 1 aromatic carbocycles. The van der Waals surface area contributed by atoms with E-state index in [2.05, 4.69) is 20.4 Å². The second-order valence-electron chi connectivity index (χ2n) is 5.62. The highest BCUT2D eigenvalue weighted by molar-refractivity contribution is 5.90. The van der Waals surface area contributed by atoms with Crippen molar-refractivity contribution in [1.82, 2.24) is 10.2 Å². The van der Waals surface area contributed by atoms with Crippen LogP contribution in [0.15, 0.2) is 36.4 Å². The van der Waals surface area contributed by atoms with Crippen LogP contribution in [0, 0.1) is 6.92 Å². The predicted molar refractivity (Wildman–Crippen MR) is 88.8 cm³/mol. The third-order valence-electron chi connectivity index (χ3n) is 3.74. The number of benzene rings is 1. The number of anilines is 2. The van der Waals surface area contributed by atoms with Gasteiger partial charge in [0.15, 0.2) is 18.2 Å². The van der Waals surface area contributed by atoms with E-state index in [1.54, 1.807) is 6.07 Å². The SMILES string of the molecule is Cc1ccc(OCC(=O)Nc2ccc(N3CCCC3)nn2)cc1. The van der Waals surface area contributed by atoms with Crippen molar-refractivity contribution in [2.45, 2.75) is 19.8 Å². The molecule has 6 nitrogen and oxygen atoms in total. The van der Waals surface area contributed by atoms with Crippen LogP contribution in [0.25, 0.3) is 0 Å². The predicted octanol–water partition coefficient (Wildman–Crippen LogP) is 2.40. The monoisotopic (exact) mass is 312 g/mol. The van der Waals surface area contributed by atoms with E-state index < -0.39 is 0 Å². The number of aromatic nitrogens is 2. The van der Waals surface area contributed by atoms with Gasteiger partial charge in [-0.1, -0.05) is 17.7 Å². The van der Waals surface area contributed by atoms with Gasteiger partial charge in [0.2, 0.25) is 0 Å². The van der Waals surface area contributed by atoms with Gasteiger partial charge < -0.3 is 15.0 Å². The van der Waals surface area contributed by atoms with Gasteiger partial charge in [0.05, 0.1) is 0 Å². The minimum absolute atomic E-state index is 0.0569. The molecule has 0 unspecified atom stereocenters. The molecule has 1 N–H and O–H groups in total. The number of nitrogens with zero attached hydrogens (tertiary/aromatic N) is 3. The summed E-state index contributed by atoms with van der Waals surface area (Å²) in [4.78, 5) is 14.1. The summed E-state index contributed by atoms with van der Waals surface area (Å²) in [7, 11) is 0. The fraction of sp³-hybridized carbons (Fsp3) is 0.353. The summed E-state index contributed by atoms with van der Waals surface area (Å²) in [6, 6.07) is 11.2. The van der Waals surface area contributed by atoms with Gasteiger partial charge in [-0.25, -0.2) is 0 Å². The molecule has 0 spiro atoms. The summed E-state index contributed by atoms with van der Waals surface area (Å²) in [6.45, 7) is 3.98. The number of rotatable bonds is 5. The topological polar surface area (TPSA) is 67.3 Å². The fourth-order valence-electron chi connectivity index (χ4n) is 2.47. The summed E-state index contributed by atoms with van der Waals surface area (Å²) in [5.74, 6) is 1.71. The van der Waals surface area contributed by atoms with E-state index >= 15 is 0 Å². The van der Waals surface area contributed by atoms with Crippen molar-refractivity contribution < 1.29 is 9.53 Å². The van der Waals surface area contributed by atoms with Crippen LogP contribution >= 0.6 is 0 Å². The Hall–Kier alpha value is -2.63. The van der Waals surface area contributed by atoms with Crippen LogP contribution in [-0.2, 0) is 4.79 Å². The third kappa shape index (κ3) is 4.18. The Morgan fingerprint density at radius 3 is 2.52 bits per heavy atom. The molecule has 0 radical (unpaired) electrons. The Balaban J connectivity index is 1.50. The van der Waals surface area contributed by atoms with Gasteiger partial charge in [-0.2, -0.15) is 0 Å². The third-order valence-corrected chi connectivity index (χ3v) is 3.74. The Bertz CT molecular complexity index is 649. The largest absolute Gasteiger partial charge is 0.484 e. The van der Waals surface area contributed by atoms with Gasteiger partial charge in [-0.3, -0.25) is 4.79 Å². The fourth-order valence-corrected chi connectivity index (χ4v) is 2.47. The molecule has 6 heteroatoms. The number of carbonyl (C=O) groups is 1. The van der Waals surface area contributed by atoms with Gasteiger partial charge in [0.1, 0.15) is 5.75 Å². The molecule has 1 saturated heterocycles. The summed E-state index contributed by atoms with van der Waals surface area (Å²) >= 11 is 0. The lowest BCUT2D eigenvalue weighted by molar-refractivity contribution is -0.118. The standard InChI is InChI=1S/C17H20N4O2/c1-13-4-6-14(7-5-13)23-12-17(22)18-15-8-9-16(20-19-15)21-10-2-3-11-21/h4-9H,2-3,10-12H2,1H3,(H,18,19,22). The molecule has 120 valence electrons. The van der Waals surface area contributed by atoms with E-state index in [-0.39, 0.29) is 12.5 Å². The Morgan fingerprint density at radius 2 is 1.87 bits per heavy atom. The lowest BCUT2D eigenvalue weighted by Gasteiger charge is -2.15. The number of nitrogens with one attached hydrogen (secondary N) is 1. The van der Waals surface area contributed by atoms with Crippen LogP contribution in [-0.4, -0.2) is 35.8 Å². The lowest BCUT2D eigenvalue weighted by Crippen LogP contribution is -2.22. The Labute approximate surface area is 135 Å². The first-order valence-electron chi connectivity index (χ1n) is 7.79. The second-order valence-corrected chi connectivity index (χ2v) is 5.62. The van der Waals surface area contributed by atoms with Gasteiger partial charge >= 0.3 is 0 Å². The van der Waals surface area contributed by atoms with Gasteiger partial charge in [-0.15, -0.1) is 10.2 Å². The number of carbonyl (C=O) groups excluding carboxylic acids is 1. The summed E-state index contributed by atoms with van der Waals surface area (Å²) in [5, 5.41) is 10.9. The van der Waals surface area contributed by atoms with E-state index in [4.69, 9.17) is 4.74 Å². The molecule has 3 rings (SSSR count).